The highest BCUT2D eigenvalue weighted by Gasteiger charge is 2.20. The van der Waals surface area contributed by atoms with Gasteiger partial charge in [0.2, 0.25) is 6.79 Å². The monoisotopic (exact) mass is 376 g/mol. The first kappa shape index (κ1) is 16.7. The van der Waals surface area contributed by atoms with Gasteiger partial charge in [0.15, 0.2) is 11.5 Å². The van der Waals surface area contributed by atoms with Crippen molar-refractivity contribution >= 4 is 10.8 Å². The lowest BCUT2D eigenvalue weighted by Crippen LogP contribution is -2.00. The molecule has 0 aliphatic carbocycles. The highest BCUT2D eigenvalue weighted by atomic mass is 32.2. The van der Waals surface area contributed by atoms with Crippen molar-refractivity contribution in [3.8, 4) is 28.4 Å². The van der Waals surface area contributed by atoms with Crippen molar-refractivity contribution in [2.24, 2.45) is 0 Å². The molecule has 0 spiro atoms. The zero-order valence-electron chi connectivity index (χ0n) is 13.7. The molecule has 1 aromatic heterocycles. The molecule has 0 amide bonds. The fourth-order valence-electron chi connectivity index (χ4n) is 2.74. The molecule has 1 aliphatic rings. The summed E-state index contributed by atoms with van der Waals surface area (Å²) in [5.74, 6) is 1.14. The van der Waals surface area contributed by atoms with Crippen LogP contribution in [-0.2, 0) is 10.8 Å². The lowest BCUT2D eigenvalue weighted by atomic mass is 10.1. The Balaban J connectivity index is 1.82. The molecular formula is C18H14F2N2O3S. The maximum absolute atomic E-state index is 13.2. The average molecular weight is 376 g/mol. The van der Waals surface area contributed by atoms with Gasteiger partial charge >= 0.3 is 0 Å². The predicted octanol–water partition coefficient (Wildman–Crippen LogP) is 3.94. The fourth-order valence-corrected chi connectivity index (χ4v) is 3.26. The number of hydrogen-bond acceptors (Lipinski definition) is 4. The largest absolute Gasteiger partial charge is 0.454 e. The van der Waals surface area contributed by atoms with Crippen LogP contribution >= 0.6 is 0 Å². The van der Waals surface area contributed by atoms with E-state index >= 15 is 0 Å². The molecule has 0 fully saturated rings. The van der Waals surface area contributed by atoms with E-state index in [0.717, 1.165) is 0 Å². The van der Waals surface area contributed by atoms with E-state index in [2.05, 4.69) is 5.10 Å². The summed E-state index contributed by atoms with van der Waals surface area (Å²) < 4.78 is 50.1. The minimum absolute atomic E-state index is 0.128. The van der Waals surface area contributed by atoms with Gasteiger partial charge in [-0.15, -0.1) is 0 Å². The van der Waals surface area contributed by atoms with E-state index in [1.807, 2.05) is 0 Å². The Labute approximate surface area is 150 Å². The number of aromatic nitrogens is 2. The molecule has 2 heterocycles. The standard InChI is InChI=1S/C18H14F2N2O3S/c1-26(23)13-5-2-11(3-6-13)15-9-14(18(19)20)21-22(15)12-4-7-16-17(8-12)25-10-24-16/h2-9,18H,10H2,1H3. The lowest BCUT2D eigenvalue weighted by Gasteiger charge is -2.09. The van der Waals surface area contributed by atoms with Crippen molar-refractivity contribution in [3.63, 3.8) is 0 Å². The van der Waals surface area contributed by atoms with Gasteiger partial charge in [0.25, 0.3) is 6.43 Å². The van der Waals surface area contributed by atoms with E-state index in [4.69, 9.17) is 9.47 Å². The van der Waals surface area contributed by atoms with Crippen molar-refractivity contribution in [2.45, 2.75) is 11.3 Å². The molecule has 0 saturated carbocycles. The van der Waals surface area contributed by atoms with Crippen LogP contribution in [0.4, 0.5) is 8.78 Å². The first-order valence-corrected chi connectivity index (χ1v) is 9.31. The zero-order chi connectivity index (χ0) is 18.3. The van der Waals surface area contributed by atoms with Gasteiger partial charge in [0, 0.05) is 33.6 Å². The Hall–Kier alpha value is -2.74. The number of halogens is 2. The Morgan fingerprint density at radius 3 is 2.50 bits per heavy atom. The molecule has 1 aliphatic heterocycles. The van der Waals surface area contributed by atoms with E-state index in [-0.39, 0.29) is 12.5 Å². The van der Waals surface area contributed by atoms with Crippen molar-refractivity contribution in [3.05, 3.63) is 54.2 Å². The van der Waals surface area contributed by atoms with Crippen molar-refractivity contribution < 1.29 is 22.5 Å². The summed E-state index contributed by atoms with van der Waals surface area (Å²) in [5.41, 5.74) is 1.46. The summed E-state index contributed by atoms with van der Waals surface area (Å²) in [5, 5.41) is 4.05. The normalized spacial score (nSPS) is 14.0. The van der Waals surface area contributed by atoms with Crippen LogP contribution in [0.2, 0.25) is 0 Å². The van der Waals surface area contributed by atoms with Gasteiger partial charge in [0.05, 0.1) is 11.4 Å². The maximum atomic E-state index is 13.2. The molecule has 8 heteroatoms. The second-order valence-corrected chi connectivity index (χ2v) is 7.06. The Bertz CT molecular complexity index is 987. The molecular weight excluding hydrogens is 362 g/mol. The number of nitrogens with zero attached hydrogens (tertiary/aromatic N) is 2. The first-order chi connectivity index (χ1) is 12.5. The highest BCUT2D eigenvalue weighted by Crippen LogP contribution is 2.35. The van der Waals surface area contributed by atoms with Crippen LogP contribution in [0.3, 0.4) is 0 Å². The van der Waals surface area contributed by atoms with Gasteiger partial charge in [-0.2, -0.15) is 5.10 Å². The average Bonchev–Trinajstić information content (AvgIpc) is 3.28. The van der Waals surface area contributed by atoms with E-state index in [1.54, 1.807) is 48.7 Å². The lowest BCUT2D eigenvalue weighted by molar-refractivity contribution is 0.145. The van der Waals surface area contributed by atoms with Gasteiger partial charge in [-0.05, 0) is 30.3 Å². The summed E-state index contributed by atoms with van der Waals surface area (Å²) in [7, 11) is -1.11. The minimum atomic E-state index is -2.69. The quantitative estimate of drug-likeness (QED) is 0.692. The van der Waals surface area contributed by atoms with E-state index in [9.17, 15) is 13.0 Å². The van der Waals surface area contributed by atoms with Crippen LogP contribution in [0, 0.1) is 0 Å². The third-order valence-corrected chi connectivity index (χ3v) is 4.97. The second kappa shape index (κ2) is 6.53. The Morgan fingerprint density at radius 1 is 1.08 bits per heavy atom. The van der Waals surface area contributed by atoms with Crippen LogP contribution in [0.25, 0.3) is 16.9 Å². The van der Waals surface area contributed by atoms with Crippen molar-refractivity contribution in [2.75, 3.05) is 13.0 Å². The molecule has 0 N–H and O–H groups in total. The molecule has 3 aromatic rings. The number of alkyl halides is 2. The molecule has 1 unspecified atom stereocenters. The van der Waals surface area contributed by atoms with E-state index in [1.165, 1.54) is 10.7 Å². The van der Waals surface area contributed by atoms with Crippen LogP contribution in [-0.4, -0.2) is 27.0 Å². The summed E-state index contributed by atoms with van der Waals surface area (Å²) in [6.07, 6.45) is -1.10. The topological polar surface area (TPSA) is 53.4 Å². The van der Waals surface area contributed by atoms with Crippen LogP contribution in [0.5, 0.6) is 11.5 Å². The molecule has 0 saturated heterocycles. The third-order valence-electron chi connectivity index (χ3n) is 4.03. The van der Waals surface area contributed by atoms with E-state index < -0.39 is 17.2 Å². The number of rotatable bonds is 4. The van der Waals surface area contributed by atoms with Crippen molar-refractivity contribution in [1.82, 2.24) is 9.78 Å². The van der Waals surface area contributed by atoms with Gasteiger partial charge in [-0.3, -0.25) is 4.21 Å². The fraction of sp³-hybridized carbons (Fsp3) is 0.167. The maximum Gasteiger partial charge on any atom is 0.282 e. The molecule has 26 heavy (non-hydrogen) atoms. The van der Waals surface area contributed by atoms with Gasteiger partial charge in [-0.1, -0.05) is 12.1 Å². The summed E-state index contributed by atoms with van der Waals surface area (Å²) >= 11 is 0. The third kappa shape index (κ3) is 2.96. The molecule has 0 radical (unpaired) electrons. The van der Waals surface area contributed by atoms with Gasteiger partial charge in [0.1, 0.15) is 5.69 Å². The molecule has 134 valence electrons. The summed E-state index contributed by atoms with van der Waals surface area (Å²) in [6, 6.07) is 13.4. The number of hydrogen-bond donors (Lipinski definition) is 0. The van der Waals surface area contributed by atoms with Gasteiger partial charge in [-0.25, -0.2) is 13.5 Å². The molecule has 4 rings (SSSR count). The minimum Gasteiger partial charge on any atom is -0.454 e. The second-order valence-electron chi connectivity index (χ2n) is 5.68. The summed E-state index contributed by atoms with van der Waals surface area (Å²) in [6.45, 7) is 0.128. The van der Waals surface area contributed by atoms with Crippen molar-refractivity contribution in [1.29, 1.82) is 0 Å². The van der Waals surface area contributed by atoms with Gasteiger partial charge < -0.3 is 9.47 Å². The first-order valence-electron chi connectivity index (χ1n) is 7.75. The zero-order valence-corrected chi connectivity index (χ0v) is 14.5. The Kier molecular flexibility index (Phi) is 4.20. The SMILES string of the molecule is CS(=O)c1ccc(-c2cc(C(F)F)nn2-c2ccc3c(c2)OCO3)cc1. The number of benzene rings is 2. The Morgan fingerprint density at radius 2 is 1.81 bits per heavy atom. The number of ether oxygens (including phenoxy) is 2. The van der Waals surface area contributed by atoms with Crippen LogP contribution in [0.1, 0.15) is 12.1 Å². The van der Waals surface area contributed by atoms with Crippen LogP contribution in [0.15, 0.2) is 53.4 Å². The van der Waals surface area contributed by atoms with Crippen LogP contribution < -0.4 is 9.47 Å². The highest BCUT2D eigenvalue weighted by molar-refractivity contribution is 7.84. The number of fused-ring (bicyclic) bond motifs is 1. The predicted molar refractivity (Wildman–Crippen MR) is 92.4 cm³/mol. The smallest absolute Gasteiger partial charge is 0.282 e. The molecule has 0 bridgehead atoms. The summed E-state index contributed by atoms with van der Waals surface area (Å²) in [4.78, 5) is 0.664. The molecule has 5 nitrogen and oxygen atoms in total. The molecule has 2 aromatic carbocycles. The van der Waals surface area contributed by atoms with E-state index in [0.29, 0.717) is 33.3 Å². The molecule has 1 atom stereocenters.